The molecule has 0 rings (SSSR count). The Hall–Kier alpha value is -2.38. The van der Waals surface area contributed by atoms with Gasteiger partial charge in [0.1, 0.15) is 24.2 Å². The monoisotopic (exact) mass is 464 g/mol. The normalized spacial score (nSPS) is 15.8. The SMILES string of the molecule is CSCCC(NC(=O)C(CC(=O)O)NC(=O)C(NC(=O)C(N)C(C)O)C(C)C)C(=O)O. The maximum absolute atomic E-state index is 12.7. The summed E-state index contributed by atoms with van der Waals surface area (Å²) >= 11 is 1.37. The zero-order chi connectivity index (χ0) is 24.3. The van der Waals surface area contributed by atoms with Gasteiger partial charge < -0.3 is 37.0 Å². The minimum absolute atomic E-state index is 0.109. The number of rotatable bonds is 14. The molecule has 0 radical (unpaired) electrons. The molecular weight excluding hydrogens is 432 g/mol. The second-order valence-corrected chi connectivity index (χ2v) is 8.32. The van der Waals surface area contributed by atoms with E-state index in [0.29, 0.717) is 5.75 Å². The minimum Gasteiger partial charge on any atom is -0.481 e. The van der Waals surface area contributed by atoms with Gasteiger partial charge in [-0.15, -0.1) is 0 Å². The molecule has 8 N–H and O–H groups in total. The third-order valence-electron chi connectivity index (χ3n) is 4.31. The molecule has 5 unspecified atom stereocenters. The second kappa shape index (κ2) is 13.8. The number of aliphatic hydroxyl groups is 1. The lowest BCUT2D eigenvalue weighted by Gasteiger charge is -2.27. The average molecular weight is 465 g/mol. The van der Waals surface area contributed by atoms with Crippen molar-refractivity contribution in [1.82, 2.24) is 16.0 Å². The van der Waals surface area contributed by atoms with Crippen molar-refractivity contribution in [2.75, 3.05) is 12.0 Å². The molecule has 13 heteroatoms. The summed E-state index contributed by atoms with van der Waals surface area (Å²) in [7, 11) is 0. The molecule has 0 aliphatic heterocycles. The number of carbonyl (C=O) groups excluding carboxylic acids is 3. The second-order valence-electron chi connectivity index (χ2n) is 7.34. The Balaban J connectivity index is 5.42. The van der Waals surface area contributed by atoms with E-state index in [2.05, 4.69) is 16.0 Å². The van der Waals surface area contributed by atoms with Crippen LogP contribution in [0.5, 0.6) is 0 Å². The molecule has 31 heavy (non-hydrogen) atoms. The molecule has 5 atom stereocenters. The number of nitrogens with two attached hydrogens (primary N) is 1. The molecule has 0 saturated heterocycles. The van der Waals surface area contributed by atoms with Crippen LogP contribution in [-0.2, 0) is 24.0 Å². The van der Waals surface area contributed by atoms with Gasteiger partial charge >= 0.3 is 11.9 Å². The van der Waals surface area contributed by atoms with E-state index in [9.17, 15) is 34.2 Å². The Labute approximate surface area is 184 Å². The van der Waals surface area contributed by atoms with Gasteiger partial charge in [0.25, 0.3) is 0 Å². The summed E-state index contributed by atoms with van der Waals surface area (Å²) in [5.41, 5.74) is 5.55. The van der Waals surface area contributed by atoms with Crippen molar-refractivity contribution in [3.05, 3.63) is 0 Å². The van der Waals surface area contributed by atoms with E-state index < -0.39 is 72.3 Å². The fourth-order valence-corrected chi connectivity index (χ4v) is 2.89. The highest BCUT2D eigenvalue weighted by molar-refractivity contribution is 7.98. The summed E-state index contributed by atoms with van der Waals surface area (Å²) in [5.74, 6) is -5.33. The van der Waals surface area contributed by atoms with Crippen LogP contribution in [0.3, 0.4) is 0 Å². The fourth-order valence-electron chi connectivity index (χ4n) is 2.41. The van der Waals surface area contributed by atoms with Crippen molar-refractivity contribution in [2.24, 2.45) is 11.7 Å². The molecule has 0 saturated carbocycles. The predicted octanol–water partition coefficient (Wildman–Crippen LogP) is -1.88. The third-order valence-corrected chi connectivity index (χ3v) is 4.95. The zero-order valence-corrected chi connectivity index (χ0v) is 18.8. The first-order valence-corrected chi connectivity index (χ1v) is 11.0. The molecule has 0 aromatic rings. The maximum atomic E-state index is 12.7. The zero-order valence-electron chi connectivity index (χ0n) is 18.0. The molecule has 0 heterocycles. The number of carboxylic acid groups (broad SMARTS) is 2. The number of carboxylic acids is 2. The number of hydrogen-bond donors (Lipinski definition) is 7. The van der Waals surface area contributed by atoms with E-state index in [1.165, 1.54) is 18.7 Å². The summed E-state index contributed by atoms with van der Waals surface area (Å²) in [5, 5.41) is 34.6. The van der Waals surface area contributed by atoms with Crippen LogP contribution in [0.25, 0.3) is 0 Å². The van der Waals surface area contributed by atoms with Crippen molar-refractivity contribution < 1.29 is 39.3 Å². The summed E-state index contributed by atoms with van der Waals surface area (Å²) in [6, 6.07) is -5.28. The van der Waals surface area contributed by atoms with E-state index in [0.717, 1.165) is 0 Å². The highest BCUT2D eigenvalue weighted by atomic mass is 32.2. The Kier molecular flexibility index (Phi) is 12.8. The summed E-state index contributed by atoms with van der Waals surface area (Å²) in [4.78, 5) is 59.8. The Morgan fingerprint density at radius 3 is 1.87 bits per heavy atom. The van der Waals surface area contributed by atoms with Crippen LogP contribution in [0.15, 0.2) is 0 Å². The first-order chi connectivity index (χ1) is 14.3. The van der Waals surface area contributed by atoms with E-state index in [-0.39, 0.29) is 6.42 Å². The van der Waals surface area contributed by atoms with Gasteiger partial charge in [0.15, 0.2) is 0 Å². The van der Waals surface area contributed by atoms with Crippen LogP contribution < -0.4 is 21.7 Å². The number of aliphatic carboxylic acids is 2. The highest BCUT2D eigenvalue weighted by Gasteiger charge is 2.33. The van der Waals surface area contributed by atoms with E-state index >= 15 is 0 Å². The van der Waals surface area contributed by atoms with Crippen molar-refractivity contribution in [1.29, 1.82) is 0 Å². The molecule has 12 nitrogen and oxygen atoms in total. The van der Waals surface area contributed by atoms with Gasteiger partial charge in [-0.1, -0.05) is 13.8 Å². The van der Waals surface area contributed by atoms with Crippen molar-refractivity contribution in [3.63, 3.8) is 0 Å². The number of carbonyl (C=O) groups is 5. The summed E-state index contributed by atoms with van der Waals surface area (Å²) in [6.07, 6.45) is -0.0931. The summed E-state index contributed by atoms with van der Waals surface area (Å²) in [6.45, 7) is 4.51. The molecule has 0 aromatic carbocycles. The Morgan fingerprint density at radius 1 is 0.903 bits per heavy atom. The average Bonchev–Trinajstić information content (AvgIpc) is 2.66. The standard InChI is InChI=1S/C18H32N4O8S/c1-8(2)14(22-16(27)13(19)9(3)23)17(28)21-11(7-12(24)25)15(26)20-10(18(29)30)5-6-31-4/h8-11,13-14,23H,5-7,19H2,1-4H3,(H,20,26)(H,21,28)(H,22,27)(H,24,25)(H,29,30). The lowest BCUT2D eigenvalue weighted by Crippen LogP contribution is -2.59. The molecule has 0 aliphatic rings. The van der Waals surface area contributed by atoms with Crippen LogP contribution in [0.4, 0.5) is 0 Å². The van der Waals surface area contributed by atoms with Gasteiger partial charge in [0.05, 0.1) is 12.5 Å². The molecule has 0 bridgehead atoms. The molecular formula is C18H32N4O8S. The Bertz CT molecular complexity index is 658. The number of hydrogen-bond acceptors (Lipinski definition) is 8. The van der Waals surface area contributed by atoms with Crippen LogP contribution >= 0.6 is 11.8 Å². The lowest BCUT2D eigenvalue weighted by molar-refractivity contribution is -0.143. The molecule has 0 aliphatic carbocycles. The van der Waals surface area contributed by atoms with Crippen molar-refractivity contribution in [2.45, 2.75) is 63.9 Å². The van der Waals surface area contributed by atoms with E-state index in [4.69, 9.17) is 10.8 Å². The van der Waals surface area contributed by atoms with Crippen LogP contribution in [0.2, 0.25) is 0 Å². The number of aliphatic hydroxyl groups excluding tert-OH is 1. The molecule has 3 amide bonds. The Morgan fingerprint density at radius 2 is 1.45 bits per heavy atom. The largest absolute Gasteiger partial charge is 0.481 e. The van der Waals surface area contributed by atoms with Gasteiger partial charge in [-0.05, 0) is 31.3 Å². The number of amides is 3. The van der Waals surface area contributed by atoms with Crippen LogP contribution in [0.1, 0.15) is 33.6 Å². The van der Waals surface area contributed by atoms with Crippen molar-refractivity contribution in [3.8, 4) is 0 Å². The van der Waals surface area contributed by atoms with Crippen LogP contribution in [-0.4, -0.2) is 87.3 Å². The first kappa shape index (κ1) is 28.6. The van der Waals surface area contributed by atoms with Gasteiger partial charge in [-0.2, -0.15) is 11.8 Å². The minimum atomic E-state index is -1.57. The van der Waals surface area contributed by atoms with E-state index in [1.807, 2.05) is 0 Å². The molecule has 0 spiro atoms. The van der Waals surface area contributed by atoms with Gasteiger partial charge in [0, 0.05) is 0 Å². The third kappa shape index (κ3) is 10.5. The quantitative estimate of drug-likeness (QED) is 0.152. The first-order valence-electron chi connectivity index (χ1n) is 9.60. The highest BCUT2D eigenvalue weighted by Crippen LogP contribution is 2.06. The van der Waals surface area contributed by atoms with Gasteiger partial charge in [0.2, 0.25) is 17.7 Å². The maximum Gasteiger partial charge on any atom is 0.326 e. The number of thioether (sulfide) groups is 1. The predicted molar refractivity (Wildman–Crippen MR) is 113 cm³/mol. The summed E-state index contributed by atoms with van der Waals surface area (Å²) < 4.78 is 0. The van der Waals surface area contributed by atoms with Gasteiger partial charge in [-0.25, -0.2) is 4.79 Å². The fraction of sp³-hybridized carbons (Fsp3) is 0.722. The number of nitrogens with one attached hydrogen (secondary N) is 3. The molecule has 0 aromatic heterocycles. The van der Waals surface area contributed by atoms with E-state index in [1.54, 1.807) is 20.1 Å². The lowest BCUT2D eigenvalue weighted by atomic mass is 10.0. The molecule has 0 fully saturated rings. The van der Waals surface area contributed by atoms with Gasteiger partial charge in [-0.3, -0.25) is 19.2 Å². The van der Waals surface area contributed by atoms with Crippen LogP contribution in [0, 0.1) is 5.92 Å². The van der Waals surface area contributed by atoms with Crippen molar-refractivity contribution >= 4 is 41.4 Å². The molecule has 178 valence electrons. The topological polar surface area (TPSA) is 208 Å². The smallest absolute Gasteiger partial charge is 0.326 e.